The number of hydrogen-bond donors (Lipinski definition) is 0. The molecule has 0 radical (unpaired) electrons. The lowest BCUT2D eigenvalue weighted by atomic mass is 9.64. The number of carbonyl (C=O) groups excluding carboxylic acids is 2. The predicted molar refractivity (Wildman–Crippen MR) is 148 cm³/mol. The Labute approximate surface area is 234 Å². The van der Waals surface area contributed by atoms with Gasteiger partial charge in [-0.15, -0.1) is 0 Å². The molecular formula is C32H36N2O6. The Kier molecular flexibility index (Phi) is 6.77. The summed E-state index contributed by atoms with van der Waals surface area (Å²) >= 11 is 0. The third-order valence-electron chi connectivity index (χ3n) is 9.16. The van der Waals surface area contributed by atoms with Gasteiger partial charge in [-0.2, -0.15) is 0 Å². The van der Waals surface area contributed by atoms with E-state index in [2.05, 4.69) is 12.1 Å². The summed E-state index contributed by atoms with van der Waals surface area (Å²) in [7, 11) is 0. The molecule has 40 heavy (non-hydrogen) atoms. The summed E-state index contributed by atoms with van der Waals surface area (Å²) in [5, 5.41) is 0. The zero-order valence-corrected chi connectivity index (χ0v) is 22.8. The van der Waals surface area contributed by atoms with Gasteiger partial charge in [0.1, 0.15) is 0 Å². The molecule has 1 aliphatic carbocycles. The number of benzene rings is 2. The van der Waals surface area contributed by atoms with Gasteiger partial charge in [0, 0.05) is 38.0 Å². The molecular weight excluding hydrogens is 508 g/mol. The fraction of sp³-hybridized carbons (Fsp3) is 0.500. The highest BCUT2D eigenvalue weighted by molar-refractivity contribution is 5.90. The first kappa shape index (κ1) is 25.3. The summed E-state index contributed by atoms with van der Waals surface area (Å²) < 4.78 is 22.7. The van der Waals surface area contributed by atoms with Crippen LogP contribution in [0.2, 0.25) is 0 Å². The molecule has 0 bridgehead atoms. The lowest BCUT2D eigenvalue weighted by Crippen LogP contribution is -2.50. The number of allylic oxidation sites excluding steroid dienone is 1. The topological polar surface area (TPSA) is 77.5 Å². The molecule has 2 saturated heterocycles. The molecule has 2 amide bonds. The van der Waals surface area contributed by atoms with E-state index in [4.69, 9.17) is 18.9 Å². The zero-order chi connectivity index (χ0) is 27.1. The van der Waals surface area contributed by atoms with E-state index in [9.17, 15) is 9.59 Å². The van der Waals surface area contributed by atoms with Gasteiger partial charge in [0.05, 0.1) is 11.8 Å². The number of hydrogen-bond acceptors (Lipinski definition) is 6. The van der Waals surface area contributed by atoms with E-state index in [0.717, 1.165) is 81.6 Å². The van der Waals surface area contributed by atoms with E-state index in [1.54, 1.807) is 0 Å². The van der Waals surface area contributed by atoms with Crippen LogP contribution in [0.3, 0.4) is 0 Å². The van der Waals surface area contributed by atoms with Gasteiger partial charge in [-0.3, -0.25) is 9.59 Å². The highest BCUT2D eigenvalue weighted by atomic mass is 16.7. The van der Waals surface area contributed by atoms with Gasteiger partial charge in [0.2, 0.25) is 25.4 Å². The molecule has 2 fully saturated rings. The van der Waals surface area contributed by atoms with Crippen molar-refractivity contribution in [3.8, 4) is 23.0 Å². The molecule has 210 valence electrons. The largest absolute Gasteiger partial charge is 0.454 e. The van der Waals surface area contributed by atoms with E-state index < -0.39 is 11.8 Å². The summed E-state index contributed by atoms with van der Waals surface area (Å²) in [5.74, 6) is 1.50. The zero-order valence-electron chi connectivity index (χ0n) is 22.8. The number of ether oxygens (including phenoxy) is 4. The van der Waals surface area contributed by atoms with Gasteiger partial charge in [-0.05, 0) is 73.9 Å². The van der Waals surface area contributed by atoms with Gasteiger partial charge < -0.3 is 28.7 Å². The van der Waals surface area contributed by atoms with E-state index in [1.807, 2.05) is 46.2 Å². The quantitative estimate of drug-likeness (QED) is 0.513. The monoisotopic (exact) mass is 544 g/mol. The average molecular weight is 545 g/mol. The number of fused-ring (bicyclic) bond motifs is 2. The first-order valence-electron chi connectivity index (χ1n) is 14.7. The van der Waals surface area contributed by atoms with Crippen LogP contribution in [0.5, 0.6) is 23.0 Å². The number of likely N-dealkylation sites (tertiary alicyclic amines) is 2. The van der Waals surface area contributed by atoms with Crippen LogP contribution in [0.1, 0.15) is 61.5 Å². The Balaban J connectivity index is 1.35. The number of nitrogens with zero attached hydrogens (tertiary/aromatic N) is 2. The molecule has 4 atom stereocenters. The molecule has 4 heterocycles. The standard InChI is InChI=1S/C32H36N2O6/c35-31(33-13-3-1-4-14-33)24-10-9-23(21-7-11-25-27(17-21)39-19-37-25)29(22-8-12-26-28(18-22)40-20-38-26)30(24)32(36)34-15-5-2-6-16-34/h7-12,17-18,23-24,29-30H,1-6,13-16,19-20H2. The number of piperidine rings is 2. The molecule has 0 N–H and O–H groups in total. The summed E-state index contributed by atoms with van der Waals surface area (Å²) in [4.78, 5) is 32.7. The van der Waals surface area contributed by atoms with Crippen molar-refractivity contribution < 1.29 is 28.5 Å². The number of rotatable bonds is 4. The van der Waals surface area contributed by atoms with E-state index in [1.165, 1.54) is 0 Å². The van der Waals surface area contributed by atoms with Crippen molar-refractivity contribution in [2.24, 2.45) is 11.8 Å². The molecule has 0 saturated carbocycles. The first-order valence-corrected chi connectivity index (χ1v) is 14.7. The molecule has 4 aliphatic heterocycles. The van der Waals surface area contributed by atoms with Crippen LogP contribution in [-0.2, 0) is 9.59 Å². The summed E-state index contributed by atoms with van der Waals surface area (Å²) in [6.07, 6.45) is 10.5. The van der Waals surface area contributed by atoms with Gasteiger partial charge in [0.15, 0.2) is 23.0 Å². The average Bonchev–Trinajstić information content (AvgIpc) is 3.69. The van der Waals surface area contributed by atoms with Gasteiger partial charge in [-0.1, -0.05) is 24.3 Å². The third kappa shape index (κ3) is 4.57. The minimum absolute atomic E-state index is 0.0705. The highest BCUT2D eigenvalue weighted by Crippen LogP contribution is 2.51. The summed E-state index contributed by atoms with van der Waals surface area (Å²) in [5.41, 5.74) is 2.01. The summed E-state index contributed by atoms with van der Waals surface area (Å²) in [6, 6.07) is 12.0. The van der Waals surface area contributed by atoms with Crippen molar-refractivity contribution in [3.63, 3.8) is 0 Å². The van der Waals surface area contributed by atoms with E-state index in [0.29, 0.717) is 17.2 Å². The maximum atomic E-state index is 14.6. The molecule has 2 aromatic carbocycles. The fourth-order valence-corrected chi connectivity index (χ4v) is 7.09. The van der Waals surface area contributed by atoms with Crippen LogP contribution in [0.4, 0.5) is 0 Å². The second-order valence-electron chi connectivity index (χ2n) is 11.5. The Morgan fingerprint density at radius 3 is 1.75 bits per heavy atom. The van der Waals surface area contributed by atoms with Crippen LogP contribution in [0, 0.1) is 11.8 Å². The van der Waals surface area contributed by atoms with Crippen LogP contribution in [-0.4, -0.2) is 61.4 Å². The molecule has 8 nitrogen and oxygen atoms in total. The Hall–Kier alpha value is -3.68. The molecule has 7 rings (SSSR count). The third-order valence-corrected chi connectivity index (χ3v) is 9.16. The van der Waals surface area contributed by atoms with E-state index in [-0.39, 0.29) is 37.2 Å². The second kappa shape index (κ2) is 10.7. The molecule has 5 aliphatic rings. The molecule has 8 heteroatoms. The lowest BCUT2D eigenvalue weighted by molar-refractivity contribution is -0.147. The van der Waals surface area contributed by atoms with Gasteiger partial charge in [0.25, 0.3) is 0 Å². The maximum absolute atomic E-state index is 14.6. The lowest BCUT2D eigenvalue weighted by Gasteiger charge is -2.43. The Morgan fingerprint density at radius 1 is 0.600 bits per heavy atom. The van der Waals surface area contributed by atoms with Crippen molar-refractivity contribution in [3.05, 3.63) is 59.7 Å². The minimum atomic E-state index is -0.534. The van der Waals surface area contributed by atoms with Crippen LogP contribution in [0.15, 0.2) is 48.6 Å². The van der Waals surface area contributed by atoms with Gasteiger partial charge in [-0.25, -0.2) is 0 Å². The fourth-order valence-electron chi connectivity index (χ4n) is 7.09. The molecule has 0 aromatic heterocycles. The van der Waals surface area contributed by atoms with Gasteiger partial charge >= 0.3 is 0 Å². The van der Waals surface area contributed by atoms with Crippen molar-refractivity contribution in [2.75, 3.05) is 39.8 Å². The van der Waals surface area contributed by atoms with Crippen LogP contribution in [0.25, 0.3) is 0 Å². The van der Waals surface area contributed by atoms with Crippen molar-refractivity contribution in [2.45, 2.75) is 50.4 Å². The first-order chi connectivity index (χ1) is 19.7. The smallest absolute Gasteiger partial charge is 0.231 e. The SMILES string of the molecule is O=C(C1C=CC(c2ccc3c(c2)OCO3)C(c2ccc3c(c2)OCO3)C1C(=O)N1CCCCC1)N1CCCCC1. The number of carbonyl (C=O) groups is 2. The van der Waals surface area contributed by atoms with Crippen molar-refractivity contribution >= 4 is 11.8 Å². The van der Waals surface area contributed by atoms with E-state index >= 15 is 0 Å². The van der Waals surface area contributed by atoms with Crippen molar-refractivity contribution in [1.82, 2.24) is 9.80 Å². The predicted octanol–water partition coefficient (Wildman–Crippen LogP) is 4.84. The maximum Gasteiger partial charge on any atom is 0.231 e. The Bertz CT molecular complexity index is 1310. The Morgan fingerprint density at radius 2 is 1.12 bits per heavy atom. The molecule has 2 aromatic rings. The summed E-state index contributed by atoms with van der Waals surface area (Å²) in [6.45, 7) is 3.38. The second-order valence-corrected chi connectivity index (χ2v) is 11.5. The normalized spacial score (nSPS) is 27.1. The van der Waals surface area contributed by atoms with Crippen molar-refractivity contribution in [1.29, 1.82) is 0 Å². The molecule has 0 spiro atoms. The highest BCUT2D eigenvalue weighted by Gasteiger charge is 2.48. The number of amides is 2. The molecule has 4 unspecified atom stereocenters. The van der Waals surface area contributed by atoms with Crippen LogP contribution < -0.4 is 18.9 Å². The minimum Gasteiger partial charge on any atom is -0.454 e. The van der Waals surface area contributed by atoms with Crippen LogP contribution >= 0.6 is 0 Å².